The number of hydrogen-bond acceptors (Lipinski definition) is 5. The van der Waals surface area contributed by atoms with E-state index in [1.807, 2.05) is 36.6 Å². The molecule has 1 saturated carbocycles. The van der Waals surface area contributed by atoms with Gasteiger partial charge in [-0.05, 0) is 56.5 Å². The van der Waals surface area contributed by atoms with Crippen LogP contribution in [0.15, 0.2) is 36.2 Å². The number of pyridine rings is 1. The molecule has 2 aromatic rings. The molecule has 0 atom stereocenters. The molecule has 3 heterocycles. The van der Waals surface area contributed by atoms with Crippen LogP contribution in [0.2, 0.25) is 0 Å². The molecule has 0 N–H and O–H groups in total. The first-order valence-corrected chi connectivity index (χ1v) is 8.77. The molecule has 2 aromatic heterocycles. The Hall–Kier alpha value is -2.89. The lowest BCUT2D eigenvalue weighted by Gasteiger charge is -2.32. The Balaban J connectivity index is 1.69. The number of rotatable bonds is 2. The fourth-order valence-corrected chi connectivity index (χ4v) is 3.76. The first-order chi connectivity index (χ1) is 12.5. The Bertz CT molecular complexity index is 883. The number of carbonyl (C=O) groups is 2. The van der Waals surface area contributed by atoms with Crippen molar-refractivity contribution in [1.29, 1.82) is 0 Å². The molecule has 0 amide bonds. The molecule has 26 heavy (non-hydrogen) atoms. The molecule has 0 radical (unpaired) electrons. The lowest BCUT2D eigenvalue weighted by molar-refractivity contribution is -0.232. The minimum atomic E-state index is -1.04. The highest BCUT2D eigenvalue weighted by molar-refractivity contribution is 6.19. The number of aryl methyl sites for hydroxylation is 1. The quantitative estimate of drug-likeness (QED) is 0.471. The van der Waals surface area contributed by atoms with Crippen molar-refractivity contribution in [2.24, 2.45) is 0 Å². The minimum Gasteiger partial charge on any atom is -0.419 e. The van der Waals surface area contributed by atoms with Gasteiger partial charge in [-0.2, -0.15) is 0 Å². The molecule has 1 spiro atoms. The first-order valence-electron chi connectivity index (χ1n) is 8.77. The van der Waals surface area contributed by atoms with Gasteiger partial charge in [0.2, 0.25) is 0 Å². The molecule has 1 aliphatic heterocycles. The predicted octanol–water partition coefficient (Wildman–Crippen LogP) is 3.24. The van der Waals surface area contributed by atoms with Crippen molar-refractivity contribution in [3.8, 4) is 5.69 Å². The van der Waals surface area contributed by atoms with Crippen molar-refractivity contribution < 1.29 is 19.1 Å². The second kappa shape index (κ2) is 6.12. The van der Waals surface area contributed by atoms with E-state index in [9.17, 15) is 9.59 Å². The van der Waals surface area contributed by atoms with Crippen molar-refractivity contribution in [3.63, 3.8) is 0 Å². The zero-order valence-electron chi connectivity index (χ0n) is 14.8. The van der Waals surface area contributed by atoms with Crippen molar-refractivity contribution in [1.82, 2.24) is 9.55 Å². The average molecular weight is 352 g/mol. The molecule has 2 aliphatic rings. The van der Waals surface area contributed by atoms with E-state index in [-0.39, 0.29) is 5.57 Å². The molecule has 0 bridgehead atoms. The van der Waals surface area contributed by atoms with E-state index < -0.39 is 17.7 Å². The molecule has 134 valence electrons. The van der Waals surface area contributed by atoms with Gasteiger partial charge in [0.05, 0.1) is 11.9 Å². The van der Waals surface area contributed by atoms with Crippen LogP contribution in [-0.4, -0.2) is 27.3 Å². The zero-order chi connectivity index (χ0) is 18.3. The molecule has 1 aliphatic carbocycles. The van der Waals surface area contributed by atoms with Crippen molar-refractivity contribution >= 4 is 18.0 Å². The van der Waals surface area contributed by atoms with Gasteiger partial charge in [0.1, 0.15) is 5.57 Å². The molecular weight excluding hydrogens is 332 g/mol. The number of esters is 2. The molecule has 2 fully saturated rings. The van der Waals surface area contributed by atoms with E-state index in [0.29, 0.717) is 12.8 Å². The summed E-state index contributed by atoms with van der Waals surface area (Å²) in [6.45, 7) is 3.90. The number of hydrogen-bond donors (Lipinski definition) is 0. The van der Waals surface area contributed by atoms with Crippen LogP contribution in [0.1, 0.15) is 42.6 Å². The normalized spacial score (nSPS) is 18.8. The first kappa shape index (κ1) is 16.6. The van der Waals surface area contributed by atoms with Gasteiger partial charge >= 0.3 is 11.9 Å². The van der Waals surface area contributed by atoms with E-state index in [1.165, 1.54) is 0 Å². The Morgan fingerprint density at radius 1 is 1.15 bits per heavy atom. The smallest absolute Gasteiger partial charge is 0.348 e. The maximum atomic E-state index is 12.4. The second-order valence-electron chi connectivity index (χ2n) is 6.83. The van der Waals surface area contributed by atoms with Crippen LogP contribution >= 0.6 is 0 Å². The summed E-state index contributed by atoms with van der Waals surface area (Å²) in [7, 11) is 0. The van der Waals surface area contributed by atoms with Crippen molar-refractivity contribution in [3.05, 3.63) is 53.1 Å². The Labute approximate surface area is 151 Å². The number of ether oxygens (including phenoxy) is 2. The molecule has 6 nitrogen and oxygen atoms in total. The third-order valence-corrected chi connectivity index (χ3v) is 5.04. The fourth-order valence-electron chi connectivity index (χ4n) is 3.76. The van der Waals surface area contributed by atoms with E-state index in [2.05, 4.69) is 4.98 Å². The summed E-state index contributed by atoms with van der Waals surface area (Å²) in [6, 6.07) is 5.75. The Kier molecular flexibility index (Phi) is 3.90. The number of nitrogens with zero attached hydrogens (tertiary/aromatic N) is 2. The third-order valence-electron chi connectivity index (χ3n) is 5.04. The maximum absolute atomic E-state index is 12.4. The minimum absolute atomic E-state index is 0.0611. The van der Waals surface area contributed by atoms with Crippen LogP contribution in [0.3, 0.4) is 0 Å². The van der Waals surface area contributed by atoms with E-state index in [1.54, 1.807) is 18.5 Å². The lowest BCUT2D eigenvalue weighted by atomic mass is 10.1. The molecule has 6 heteroatoms. The van der Waals surface area contributed by atoms with Crippen LogP contribution in [0.25, 0.3) is 11.8 Å². The summed E-state index contributed by atoms with van der Waals surface area (Å²) in [5, 5.41) is 0. The van der Waals surface area contributed by atoms with E-state index in [4.69, 9.17) is 9.47 Å². The van der Waals surface area contributed by atoms with Crippen LogP contribution in [0, 0.1) is 13.8 Å². The summed E-state index contributed by atoms with van der Waals surface area (Å²) < 4.78 is 13.0. The topological polar surface area (TPSA) is 70.4 Å². The molecule has 0 unspecified atom stereocenters. The van der Waals surface area contributed by atoms with Gasteiger partial charge in [0.25, 0.3) is 5.79 Å². The Morgan fingerprint density at radius 2 is 1.85 bits per heavy atom. The highest BCUT2D eigenvalue weighted by Crippen LogP contribution is 2.38. The van der Waals surface area contributed by atoms with Gasteiger partial charge in [0, 0.05) is 30.4 Å². The summed E-state index contributed by atoms with van der Waals surface area (Å²) >= 11 is 0. The summed E-state index contributed by atoms with van der Waals surface area (Å²) in [5.74, 6) is -2.25. The van der Waals surface area contributed by atoms with Crippen LogP contribution in [0.4, 0.5) is 0 Å². The summed E-state index contributed by atoms with van der Waals surface area (Å²) in [4.78, 5) is 29.0. The van der Waals surface area contributed by atoms with Gasteiger partial charge in [0.15, 0.2) is 0 Å². The predicted molar refractivity (Wildman–Crippen MR) is 94.4 cm³/mol. The average Bonchev–Trinajstić information content (AvgIpc) is 3.16. The van der Waals surface area contributed by atoms with E-state index >= 15 is 0 Å². The maximum Gasteiger partial charge on any atom is 0.348 e. The zero-order valence-corrected chi connectivity index (χ0v) is 14.8. The third kappa shape index (κ3) is 2.71. The van der Waals surface area contributed by atoms with Gasteiger partial charge in [-0.25, -0.2) is 9.59 Å². The molecule has 0 aromatic carbocycles. The molecule has 4 rings (SSSR count). The van der Waals surface area contributed by atoms with Crippen LogP contribution < -0.4 is 0 Å². The lowest BCUT2D eigenvalue weighted by Crippen LogP contribution is -2.44. The van der Waals surface area contributed by atoms with Gasteiger partial charge < -0.3 is 14.0 Å². The van der Waals surface area contributed by atoms with Gasteiger partial charge in [-0.1, -0.05) is 0 Å². The second-order valence-corrected chi connectivity index (χ2v) is 6.83. The SMILES string of the molecule is Cc1cc(C=C2C(=O)OC3(CCCC3)OC2=O)c(C)n1-c1cccnc1. The molecular formula is C20H20N2O4. The monoisotopic (exact) mass is 352 g/mol. The van der Waals surface area contributed by atoms with Gasteiger partial charge in [-0.15, -0.1) is 0 Å². The standard InChI is InChI=1S/C20H20N2O4/c1-13-10-15(14(2)22(13)16-6-5-9-21-12-16)11-17-18(23)25-20(26-19(17)24)7-3-4-8-20/h5-6,9-12H,3-4,7-8H2,1-2H3. The van der Waals surface area contributed by atoms with Crippen molar-refractivity contribution in [2.75, 3.05) is 0 Å². The summed E-state index contributed by atoms with van der Waals surface area (Å²) in [6.07, 6.45) is 7.98. The number of aromatic nitrogens is 2. The highest BCUT2D eigenvalue weighted by Gasteiger charge is 2.47. The summed E-state index contributed by atoms with van der Waals surface area (Å²) in [5.41, 5.74) is 3.52. The van der Waals surface area contributed by atoms with Gasteiger partial charge in [-0.3, -0.25) is 4.98 Å². The Morgan fingerprint density at radius 3 is 2.46 bits per heavy atom. The largest absolute Gasteiger partial charge is 0.419 e. The van der Waals surface area contributed by atoms with Crippen molar-refractivity contribution in [2.45, 2.75) is 45.3 Å². The molecule has 1 saturated heterocycles. The fraction of sp³-hybridized carbons (Fsp3) is 0.350. The highest BCUT2D eigenvalue weighted by atomic mass is 16.7. The van der Waals surface area contributed by atoms with Crippen LogP contribution in [0.5, 0.6) is 0 Å². The number of carbonyl (C=O) groups excluding carboxylic acids is 2. The van der Waals surface area contributed by atoms with Crippen LogP contribution in [-0.2, 0) is 19.1 Å². The van der Waals surface area contributed by atoms with E-state index in [0.717, 1.165) is 35.5 Å².